The maximum atomic E-state index is 12.7. The number of aromatic nitrogens is 2. The van der Waals surface area contributed by atoms with Crippen LogP contribution in [0.15, 0.2) is 24.5 Å². The fourth-order valence-electron chi connectivity index (χ4n) is 3.11. The monoisotopic (exact) mass is 358 g/mol. The van der Waals surface area contributed by atoms with Crippen LogP contribution >= 0.6 is 0 Å². The first-order valence-electron chi connectivity index (χ1n) is 9.42. The first-order chi connectivity index (χ1) is 12.2. The molecule has 26 heavy (non-hydrogen) atoms. The quantitative estimate of drug-likeness (QED) is 0.880. The number of fused-ring (bicyclic) bond motifs is 1. The van der Waals surface area contributed by atoms with Crippen molar-refractivity contribution in [2.45, 2.75) is 65.1 Å². The molecule has 3 rings (SSSR count). The maximum absolute atomic E-state index is 12.7. The van der Waals surface area contributed by atoms with E-state index in [1.165, 1.54) is 19.3 Å². The molecule has 2 aromatic heterocycles. The molecule has 0 radical (unpaired) electrons. The molecule has 1 aliphatic rings. The summed E-state index contributed by atoms with van der Waals surface area (Å²) in [5, 5.41) is 0. The lowest BCUT2D eigenvalue weighted by Gasteiger charge is -2.33. The van der Waals surface area contributed by atoms with Gasteiger partial charge in [-0.05, 0) is 58.1 Å². The normalized spacial score (nSPS) is 16.3. The summed E-state index contributed by atoms with van der Waals surface area (Å²) in [5.74, 6) is 0.587. The maximum Gasteiger partial charge on any atom is 0.410 e. The van der Waals surface area contributed by atoms with Gasteiger partial charge in [0.05, 0.1) is 12.2 Å². The Bertz CT molecular complexity index is 772. The summed E-state index contributed by atoms with van der Waals surface area (Å²) in [6.07, 6.45) is 7.37. The number of nitrogens with zero attached hydrogens (tertiary/aromatic N) is 3. The van der Waals surface area contributed by atoms with Crippen LogP contribution in [-0.2, 0) is 11.3 Å². The van der Waals surface area contributed by atoms with Crippen LogP contribution in [0.1, 0.15) is 64.3 Å². The van der Waals surface area contributed by atoms with Crippen molar-refractivity contribution in [3.8, 4) is 0 Å². The highest BCUT2D eigenvalue weighted by atomic mass is 16.6. The van der Waals surface area contributed by atoms with Crippen molar-refractivity contribution in [3.63, 3.8) is 0 Å². The molecule has 2 N–H and O–H groups in total. The highest BCUT2D eigenvalue weighted by Gasteiger charge is 2.27. The van der Waals surface area contributed by atoms with Crippen LogP contribution in [0.3, 0.4) is 0 Å². The second-order valence-corrected chi connectivity index (χ2v) is 8.42. The summed E-state index contributed by atoms with van der Waals surface area (Å²) < 4.78 is 7.59. The first-order valence-corrected chi connectivity index (χ1v) is 9.42. The number of hydrogen-bond acceptors (Lipinski definition) is 4. The van der Waals surface area contributed by atoms with Crippen molar-refractivity contribution >= 4 is 11.7 Å². The number of ether oxygens (including phenoxy) is 1. The second kappa shape index (κ2) is 7.27. The number of rotatable bonds is 5. The Morgan fingerprint density at radius 2 is 2.12 bits per heavy atom. The second-order valence-electron chi connectivity index (χ2n) is 8.42. The minimum Gasteiger partial charge on any atom is -0.444 e. The molecule has 6 nitrogen and oxygen atoms in total. The van der Waals surface area contributed by atoms with Crippen LogP contribution in [0.25, 0.3) is 5.65 Å². The van der Waals surface area contributed by atoms with E-state index < -0.39 is 5.60 Å². The van der Waals surface area contributed by atoms with Crippen molar-refractivity contribution in [2.75, 3.05) is 6.54 Å². The van der Waals surface area contributed by atoms with E-state index in [2.05, 4.69) is 4.98 Å². The predicted octanol–water partition coefficient (Wildman–Crippen LogP) is 3.89. The molecule has 0 bridgehead atoms. The highest BCUT2D eigenvalue weighted by molar-refractivity contribution is 5.68. The molecule has 2 heterocycles. The SMILES string of the molecule is CC(N)c1cn2cc(CN(CC3CCC3)C(=O)OC(C)(C)C)ccc2n1. The third kappa shape index (κ3) is 4.55. The van der Waals surface area contributed by atoms with Gasteiger partial charge in [-0.1, -0.05) is 12.5 Å². The van der Waals surface area contributed by atoms with Gasteiger partial charge in [-0.2, -0.15) is 0 Å². The molecule has 1 amide bonds. The van der Waals surface area contributed by atoms with Gasteiger partial charge in [0.2, 0.25) is 0 Å². The largest absolute Gasteiger partial charge is 0.444 e. The molecule has 1 atom stereocenters. The summed E-state index contributed by atoms with van der Waals surface area (Å²) in [6.45, 7) is 8.92. The first kappa shape index (κ1) is 18.7. The lowest BCUT2D eigenvalue weighted by molar-refractivity contribution is 0.0173. The third-order valence-electron chi connectivity index (χ3n) is 4.73. The van der Waals surface area contributed by atoms with Gasteiger partial charge >= 0.3 is 6.09 Å². The van der Waals surface area contributed by atoms with Gasteiger partial charge in [0.25, 0.3) is 0 Å². The van der Waals surface area contributed by atoms with Crippen molar-refractivity contribution in [1.82, 2.24) is 14.3 Å². The average molecular weight is 358 g/mol. The van der Waals surface area contributed by atoms with Crippen LogP contribution in [0.5, 0.6) is 0 Å². The Morgan fingerprint density at radius 3 is 2.69 bits per heavy atom. The van der Waals surface area contributed by atoms with E-state index >= 15 is 0 Å². The summed E-state index contributed by atoms with van der Waals surface area (Å²) in [7, 11) is 0. The Hall–Kier alpha value is -2.08. The lowest BCUT2D eigenvalue weighted by atomic mass is 9.85. The summed E-state index contributed by atoms with van der Waals surface area (Å²) >= 11 is 0. The topological polar surface area (TPSA) is 72.9 Å². The van der Waals surface area contributed by atoms with E-state index in [4.69, 9.17) is 10.5 Å². The van der Waals surface area contributed by atoms with Crippen molar-refractivity contribution in [1.29, 1.82) is 0 Å². The molecule has 142 valence electrons. The van der Waals surface area contributed by atoms with Crippen LogP contribution in [-0.4, -0.2) is 32.5 Å². The Morgan fingerprint density at radius 1 is 1.38 bits per heavy atom. The van der Waals surface area contributed by atoms with E-state index in [1.54, 1.807) is 0 Å². The van der Waals surface area contributed by atoms with Gasteiger partial charge in [0.15, 0.2) is 0 Å². The molecular formula is C20H30N4O2. The third-order valence-corrected chi connectivity index (χ3v) is 4.73. The molecule has 2 aromatic rings. The van der Waals surface area contributed by atoms with E-state index in [0.717, 1.165) is 23.4 Å². The van der Waals surface area contributed by atoms with Gasteiger partial charge in [-0.25, -0.2) is 9.78 Å². The van der Waals surface area contributed by atoms with Crippen molar-refractivity contribution < 1.29 is 9.53 Å². The standard InChI is InChI=1S/C20H30N4O2/c1-14(21)17-13-23-11-16(8-9-18(23)22-17)12-24(10-15-6-5-7-15)19(25)26-20(2,3)4/h8-9,11,13-15H,5-7,10,12,21H2,1-4H3. The van der Waals surface area contributed by atoms with E-state index in [0.29, 0.717) is 12.5 Å². The van der Waals surface area contributed by atoms with Crippen LogP contribution in [0.4, 0.5) is 4.79 Å². The molecule has 1 saturated carbocycles. The molecule has 6 heteroatoms. The number of imidazole rings is 1. The van der Waals surface area contributed by atoms with Gasteiger partial charge in [-0.15, -0.1) is 0 Å². The minimum absolute atomic E-state index is 0.102. The molecular weight excluding hydrogens is 328 g/mol. The van der Waals surface area contributed by atoms with Crippen molar-refractivity contribution in [2.24, 2.45) is 11.7 Å². The van der Waals surface area contributed by atoms with E-state index in [-0.39, 0.29) is 12.1 Å². The van der Waals surface area contributed by atoms with Crippen LogP contribution in [0, 0.1) is 5.92 Å². The predicted molar refractivity (Wildman–Crippen MR) is 102 cm³/mol. The Kier molecular flexibility index (Phi) is 5.23. The summed E-state index contributed by atoms with van der Waals surface area (Å²) in [6, 6.07) is 3.89. The van der Waals surface area contributed by atoms with E-state index in [1.807, 2.05) is 61.5 Å². The smallest absolute Gasteiger partial charge is 0.410 e. The molecule has 0 aliphatic heterocycles. The fourth-order valence-corrected chi connectivity index (χ4v) is 3.11. The van der Waals surface area contributed by atoms with Crippen LogP contribution < -0.4 is 5.73 Å². The lowest BCUT2D eigenvalue weighted by Crippen LogP contribution is -2.40. The Labute approximate surface area is 155 Å². The van der Waals surface area contributed by atoms with Gasteiger partial charge in [0.1, 0.15) is 11.2 Å². The number of amides is 1. The summed E-state index contributed by atoms with van der Waals surface area (Å²) in [5.41, 5.74) is 8.21. The van der Waals surface area contributed by atoms with Crippen LogP contribution in [0.2, 0.25) is 0 Å². The van der Waals surface area contributed by atoms with E-state index in [9.17, 15) is 4.79 Å². The molecule has 1 aliphatic carbocycles. The number of carbonyl (C=O) groups excluding carboxylic acids is 1. The molecule has 0 spiro atoms. The molecule has 0 aromatic carbocycles. The summed E-state index contributed by atoms with van der Waals surface area (Å²) in [4.78, 5) is 19.0. The molecule has 1 fully saturated rings. The molecule has 0 saturated heterocycles. The zero-order valence-corrected chi connectivity index (χ0v) is 16.2. The van der Waals surface area contributed by atoms with Crippen molar-refractivity contribution in [3.05, 3.63) is 35.8 Å². The highest BCUT2D eigenvalue weighted by Crippen LogP contribution is 2.28. The van der Waals surface area contributed by atoms with Gasteiger partial charge in [0, 0.05) is 25.0 Å². The molecule has 1 unspecified atom stereocenters. The number of pyridine rings is 1. The minimum atomic E-state index is -0.491. The zero-order valence-electron chi connectivity index (χ0n) is 16.2. The average Bonchev–Trinajstić information content (AvgIpc) is 2.91. The number of hydrogen-bond donors (Lipinski definition) is 1. The zero-order chi connectivity index (χ0) is 18.9. The Balaban J connectivity index is 1.78. The van der Waals surface area contributed by atoms with Gasteiger partial charge in [-0.3, -0.25) is 0 Å². The number of carbonyl (C=O) groups is 1. The van der Waals surface area contributed by atoms with Gasteiger partial charge < -0.3 is 19.8 Å². The fraction of sp³-hybridized carbons (Fsp3) is 0.600. The number of nitrogens with two attached hydrogens (primary N) is 1.